The lowest BCUT2D eigenvalue weighted by Gasteiger charge is -2.11. The predicted octanol–water partition coefficient (Wildman–Crippen LogP) is 3.68. The predicted molar refractivity (Wildman–Crippen MR) is 97.2 cm³/mol. The van der Waals surface area contributed by atoms with Crippen molar-refractivity contribution in [3.63, 3.8) is 0 Å². The van der Waals surface area contributed by atoms with Gasteiger partial charge in [0, 0.05) is 17.1 Å². The van der Waals surface area contributed by atoms with Crippen LogP contribution in [-0.2, 0) is 11.2 Å². The van der Waals surface area contributed by atoms with Crippen molar-refractivity contribution in [3.05, 3.63) is 70.1 Å². The van der Waals surface area contributed by atoms with Gasteiger partial charge in [-0.15, -0.1) is 0 Å². The highest BCUT2D eigenvalue weighted by Gasteiger charge is 2.08. The molecule has 0 saturated carbocycles. The van der Waals surface area contributed by atoms with Gasteiger partial charge in [0.05, 0.1) is 0 Å². The van der Waals surface area contributed by atoms with Crippen LogP contribution in [0.4, 0.5) is 5.69 Å². The van der Waals surface area contributed by atoms with Gasteiger partial charge in [-0.1, -0.05) is 25.1 Å². The van der Waals surface area contributed by atoms with E-state index in [0.29, 0.717) is 11.3 Å². The second-order valence-corrected chi connectivity index (χ2v) is 5.75. The fraction of sp³-hybridized carbons (Fsp3) is 0.200. The maximum absolute atomic E-state index is 12.1. The molecule has 5 heteroatoms. The minimum Gasteiger partial charge on any atom is -0.484 e. The number of carbonyl (C=O) groups excluding carboxylic acids is 1. The average Bonchev–Trinajstić information content (AvgIpc) is 2.60. The normalized spacial score (nSPS) is 10.6. The number of hydrogen-bond acceptors (Lipinski definition) is 4. The second kappa shape index (κ2) is 7.21. The van der Waals surface area contributed by atoms with E-state index in [9.17, 15) is 9.59 Å². The summed E-state index contributed by atoms with van der Waals surface area (Å²) in [5.41, 5.74) is 2.80. The molecule has 2 aromatic carbocycles. The Hall–Kier alpha value is -3.08. The van der Waals surface area contributed by atoms with Crippen LogP contribution in [0.15, 0.2) is 57.7 Å². The van der Waals surface area contributed by atoms with E-state index in [0.717, 1.165) is 28.6 Å². The van der Waals surface area contributed by atoms with Gasteiger partial charge in [-0.3, -0.25) is 4.79 Å². The van der Waals surface area contributed by atoms with Gasteiger partial charge in [0.15, 0.2) is 6.61 Å². The number of anilines is 1. The van der Waals surface area contributed by atoms with Crippen LogP contribution in [0.25, 0.3) is 11.0 Å². The van der Waals surface area contributed by atoms with Crippen LogP contribution < -0.4 is 15.7 Å². The van der Waals surface area contributed by atoms with Gasteiger partial charge in [0.25, 0.3) is 5.91 Å². The summed E-state index contributed by atoms with van der Waals surface area (Å²) in [5, 5.41) is 3.65. The summed E-state index contributed by atoms with van der Waals surface area (Å²) in [5.74, 6) is 0.320. The van der Waals surface area contributed by atoms with E-state index in [-0.39, 0.29) is 18.1 Å². The van der Waals surface area contributed by atoms with Crippen molar-refractivity contribution in [1.29, 1.82) is 0 Å². The van der Waals surface area contributed by atoms with Crippen molar-refractivity contribution in [2.75, 3.05) is 11.9 Å². The van der Waals surface area contributed by atoms with E-state index in [1.807, 2.05) is 38.1 Å². The third-order valence-electron chi connectivity index (χ3n) is 3.96. The summed E-state index contributed by atoms with van der Waals surface area (Å²) in [4.78, 5) is 23.5. The minimum absolute atomic E-state index is 0.0978. The van der Waals surface area contributed by atoms with Gasteiger partial charge < -0.3 is 14.5 Å². The van der Waals surface area contributed by atoms with Gasteiger partial charge in [-0.05, 0) is 48.7 Å². The first kappa shape index (κ1) is 16.8. The number of aryl methyl sites for hydroxylation is 2. The first-order chi connectivity index (χ1) is 12.1. The zero-order valence-electron chi connectivity index (χ0n) is 14.2. The highest BCUT2D eigenvalue weighted by atomic mass is 16.5. The van der Waals surface area contributed by atoms with E-state index in [1.165, 1.54) is 6.07 Å². The molecule has 0 fully saturated rings. The van der Waals surface area contributed by atoms with Crippen molar-refractivity contribution in [3.8, 4) is 5.75 Å². The van der Waals surface area contributed by atoms with Crippen LogP contribution in [0.2, 0.25) is 0 Å². The molecule has 1 N–H and O–H groups in total. The zero-order valence-corrected chi connectivity index (χ0v) is 14.2. The molecule has 5 nitrogen and oxygen atoms in total. The van der Waals surface area contributed by atoms with Gasteiger partial charge in [-0.2, -0.15) is 0 Å². The molecule has 128 valence electrons. The minimum atomic E-state index is -0.382. The van der Waals surface area contributed by atoms with Gasteiger partial charge in [0.2, 0.25) is 0 Å². The Morgan fingerprint density at radius 2 is 1.96 bits per heavy atom. The number of carbonyl (C=O) groups is 1. The monoisotopic (exact) mass is 337 g/mol. The van der Waals surface area contributed by atoms with E-state index >= 15 is 0 Å². The van der Waals surface area contributed by atoms with E-state index < -0.39 is 0 Å². The molecule has 1 aromatic heterocycles. The Bertz CT molecular complexity index is 975. The number of nitrogens with one attached hydrogen (secondary N) is 1. The highest BCUT2D eigenvalue weighted by molar-refractivity contribution is 5.92. The summed E-state index contributed by atoms with van der Waals surface area (Å²) >= 11 is 0. The number of fused-ring (bicyclic) bond motifs is 1. The average molecular weight is 337 g/mol. The maximum Gasteiger partial charge on any atom is 0.336 e. The van der Waals surface area contributed by atoms with Crippen LogP contribution in [0.1, 0.15) is 18.1 Å². The highest BCUT2D eigenvalue weighted by Crippen LogP contribution is 2.22. The number of amides is 1. The molecule has 3 aromatic rings. The molecule has 25 heavy (non-hydrogen) atoms. The number of para-hydroxylation sites is 1. The molecule has 0 spiro atoms. The summed E-state index contributed by atoms with van der Waals surface area (Å²) < 4.78 is 10.7. The molecule has 1 heterocycles. The third-order valence-corrected chi connectivity index (χ3v) is 3.96. The lowest BCUT2D eigenvalue weighted by Crippen LogP contribution is -2.20. The number of hydrogen-bond donors (Lipinski definition) is 1. The standard InChI is InChI=1S/C20H19NO4/c1-3-14-6-4-5-7-17(14)21-19(22)12-24-15-8-9-18-16(11-15)13(2)10-20(23)25-18/h4-11H,3,12H2,1-2H3,(H,21,22). The van der Waals surface area contributed by atoms with Crippen molar-refractivity contribution < 1.29 is 13.9 Å². The summed E-state index contributed by atoms with van der Waals surface area (Å²) in [6.45, 7) is 3.77. The Morgan fingerprint density at radius 3 is 2.76 bits per heavy atom. The van der Waals surface area contributed by atoms with Gasteiger partial charge in [-0.25, -0.2) is 4.79 Å². The molecule has 0 saturated heterocycles. The van der Waals surface area contributed by atoms with Crippen molar-refractivity contribution >= 4 is 22.6 Å². The second-order valence-electron chi connectivity index (χ2n) is 5.75. The Kier molecular flexibility index (Phi) is 4.84. The molecule has 1 amide bonds. The molecule has 0 atom stereocenters. The fourth-order valence-electron chi connectivity index (χ4n) is 2.67. The van der Waals surface area contributed by atoms with E-state index in [4.69, 9.17) is 9.15 Å². The first-order valence-corrected chi connectivity index (χ1v) is 8.12. The van der Waals surface area contributed by atoms with Crippen molar-refractivity contribution in [2.24, 2.45) is 0 Å². The lowest BCUT2D eigenvalue weighted by atomic mass is 10.1. The Labute approximate surface area is 145 Å². The Morgan fingerprint density at radius 1 is 1.16 bits per heavy atom. The smallest absolute Gasteiger partial charge is 0.336 e. The first-order valence-electron chi connectivity index (χ1n) is 8.12. The van der Waals surface area contributed by atoms with Crippen molar-refractivity contribution in [2.45, 2.75) is 20.3 Å². The van der Waals surface area contributed by atoms with Crippen LogP contribution >= 0.6 is 0 Å². The van der Waals surface area contributed by atoms with E-state index in [2.05, 4.69) is 5.32 Å². The van der Waals surface area contributed by atoms with Gasteiger partial charge >= 0.3 is 5.63 Å². The summed E-state index contributed by atoms with van der Waals surface area (Å²) in [6, 6.07) is 14.2. The zero-order chi connectivity index (χ0) is 17.8. The molecular formula is C20H19NO4. The molecule has 0 aliphatic heterocycles. The summed E-state index contributed by atoms with van der Waals surface area (Å²) in [7, 11) is 0. The van der Waals surface area contributed by atoms with Crippen LogP contribution in [0, 0.1) is 6.92 Å². The van der Waals surface area contributed by atoms with Crippen molar-refractivity contribution in [1.82, 2.24) is 0 Å². The fourth-order valence-corrected chi connectivity index (χ4v) is 2.67. The lowest BCUT2D eigenvalue weighted by molar-refractivity contribution is -0.118. The van der Waals surface area contributed by atoms with Crippen LogP contribution in [0.5, 0.6) is 5.75 Å². The van der Waals surface area contributed by atoms with E-state index in [1.54, 1.807) is 18.2 Å². The molecule has 3 rings (SSSR count). The number of benzene rings is 2. The quantitative estimate of drug-likeness (QED) is 0.721. The number of rotatable bonds is 5. The molecule has 0 unspecified atom stereocenters. The van der Waals surface area contributed by atoms with Crippen LogP contribution in [0.3, 0.4) is 0 Å². The molecular weight excluding hydrogens is 318 g/mol. The molecule has 0 bridgehead atoms. The number of ether oxygens (including phenoxy) is 1. The molecule has 0 aliphatic carbocycles. The maximum atomic E-state index is 12.1. The molecule has 0 aliphatic rings. The topological polar surface area (TPSA) is 68.5 Å². The summed E-state index contributed by atoms with van der Waals surface area (Å²) in [6.07, 6.45) is 0.840. The molecule has 0 radical (unpaired) electrons. The van der Waals surface area contributed by atoms with Gasteiger partial charge in [0.1, 0.15) is 11.3 Å². The Balaban J connectivity index is 1.70. The largest absolute Gasteiger partial charge is 0.484 e. The third kappa shape index (κ3) is 3.88. The SMILES string of the molecule is CCc1ccccc1NC(=O)COc1ccc2oc(=O)cc(C)c2c1. The van der Waals surface area contributed by atoms with Crippen LogP contribution in [-0.4, -0.2) is 12.5 Å².